The molecule has 0 aliphatic heterocycles. The minimum atomic E-state index is -1.03. The maximum atomic E-state index is 13.3. The lowest BCUT2D eigenvalue weighted by Gasteiger charge is -2.03. The summed E-state index contributed by atoms with van der Waals surface area (Å²) in [7, 11) is 0. The van der Waals surface area contributed by atoms with E-state index in [1.54, 1.807) is 29.5 Å². The van der Waals surface area contributed by atoms with E-state index in [0.717, 1.165) is 0 Å². The average molecular weight is 271 g/mol. The van der Waals surface area contributed by atoms with Gasteiger partial charge in [0.15, 0.2) is 11.5 Å². The van der Waals surface area contributed by atoms with Crippen molar-refractivity contribution in [3.8, 4) is 11.4 Å². The molecule has 6 heteroatoms. The molecule has 0 radical (unpaired) electrons. The highest BCUT2D eigenvalue weighted by Crippen LogP contribution is 2.21. The van der Waals surface area contributed by atoms with Gasteiger partial charge in [-0.2, -0.15) is 0 Å². The first-order chi connectivity index (χ1) is 9.56. The molecule has 0 saturated heterocycles. The van der Waals surface area contributed by atoms with Gasteiger partial charge in [0, 0.05) is 11.8 Å². The zero-order chi connectivity index (χ0) is 14.3. The third kappa shape index (κ3) is 1.91. The van der Waals surface area contributed by atoms with Crippen LogP contribution in [0.4, 0.5) is 4.39 Å². The minimum Gasteiger partial charge on any atom is -0.478 e. The summed E-state index contributed by atoms with van der Waals surface area (Å²) in [4.78, 5) is 11.0. The molecular formula is C14H10FN3O2. The number of aromatic carboxylic acids is 1. The summed E-state index contributed by atoms with van der Waals surface area (Å²) in [5.74, 6) is -0.846. The third-order valence-electron chi connectivity index (χ3n) is 3.07. The van der Waals surface area contributed by atoms with Crippen molar-refractivity contribution in [1.29, 1.82) is 0 Å². The number of halogens is 1. The zero-order valence-corrected chi connectivity index (χ0v) is 10.5. The third-order valence-corrected chi connectivity index (χ3v) is 3.07. The number of hydrogen-bond acceptors (Lipinski definition) is 3. The van der Waals surface area contributed by atoms with Crippen molar-refractivity contribution < 1.29 is 14.3 Å². The van der Waals surface area contributed by atoms with Crippen LogP contribution in [-0.4, -0.2) is 25.7 Å². The Morgan fingerprint density at radius 3 is 2.75 bits per heavy atom. The number of carboxylic acid groups (broad SMARTS) is 1. The smallest absolute Gasteiger partial charge is 0.337 e. The summed E-state index contributed by atoms with van der Waals surface area (Å²) in [5.41, 5.74) is 1.84. The van der Waals surface area contributed by atoms with Crippen LogP contribution in [0.3, 0.4) is 0 Å². The number of aryl methyl sites for hydroxylation is 1. The van der Waals surface area contributed by atoms with Gasteiger partial charge in [-0.3, -0.25) is 4.40 Å². The Labute approximate surface area is 113 Å². The molecule has 0 aliphatic carbocycles. The van der Waals surface area contributed by atoms with Crippen molar-refractivity contribution in [1.82, 2.24) is 14.6 Å². The Bertz CT molecular complexity index is 826. The van der Waals surface area contributed by atoms with Gasteiger partial charge < -0.3 is 5.11 Å². The largest absolute Gasteiger partial charge is 0.478 e. The Morgan fingerprint density at radius 2 is 2.05 bits per heavy atom. The van der Waals surface area contributed by atoms with Crippen LogP contribution in [0, 0.1) is 12.7 Å². The topological polar surface area (TPSA) is 67.5 Å². The summed E-state index contributed by atoms with van der Waals surface area (Å²) < 4.78 is 14.9. The van der Waals surface area contributed by atoms with E-state index >= 15 is 0 Å². The van der Waals surface area contributed by atoms with Gasteiger partial charge in [-0.25, -0.2) is 9.18 Å². The van der Waals surface area contributed by atoms with Gasteiger partial charge >= 0.3 is 5.97 Å². The van der Waals surface area contributed by atoms with Crippen molar-refractivity contribution >= 4 is 11.6 Å². The lowest BCUT2D eigenvalue weighted by Crippen LogP contribution is -1.99. The molecule has 1 aromatic carbocycles. The average Bonchev–Trinajstić information content (AvgIpc) is 2.84. The van der Waals surface area contributed by atoms with E-state index in [-0.39, 0.29) is 11.4 Å². The minimum absolute atomic E-state index is 0.136. The lowest BCUT2D eigenvalue weighted by molar-refractivity contribution is 0.0696. The fourth-order valence-corrected chi connectivity index (χ4v) is 2.00. The van der Waals surface area contributed by atoms with E-state index in [2.05, 4.69) is 10.2 Å². The molecule has 2 heterocycles. The SMILES string of the molecule is Cc1cc(-c2nnc3ccc(C(=O)O)cn23)ccc1F. The molecule has 0 fully saturated rings. The molecule has 0 unspecified atom stereocenters. The Hall–Kier alpha value is -2.76. The molecule has 2 aromatic heterocycles. The number of aromatic nitrogens is 3. The van der Waals surface area contributed by atoms with Crippen molar-refractivity contribution in [2.75, 3.05) is 0 Å². The number of pyridine rings is 1. The van der Waals surface area contributed by atoms with E-state index in [4.69, 9.17) is 5.11 Å². The van der Waals surface area contributed by atoms with Crippen LogP contribution in [0.5, 0.6) is 0 Å². The molecule has 1 N–H and O–H groups in total. The number of fused-ring (bicyclic) bond motifs is 1. The molecular weight excluding hydrogens is 261 g/mol. The highest BCUT2D eigenvalue weighted by molar-refractivity contribution is 5.87. The second kappa shape index (κ2) is 4.41. The molecule has 3 rings (SSSR count). The Morgan fingerprint density at radius 1 is 1.25 bits per heavy atom. The number of hydrogen-bond donors (Lipinski definition) is 1. The monoisotopic (exact) mass is 271 g/mol. The predicted molar refractivity (Wildman–Crippen MR) is 70.1 cm³/mol. The van der Waals surface area contributed by atoms with Gasteiger partial charge in [0.05, 0.1) is 5.56 Å². The van der Waals surface area contributed by atoms with E-state index in [1.807, 2.05) is 0 Å². The summed E-state index contributed by atoms with van der Waals surface area (Å²) in [5, 5.41) is 17.0. The molecule has 0 amide bonds. The summed E-state index contributed by atoms with van der Waals surface area (Å²) in [6.07, 6.45) is 1.45. The van der Waals surface area contributed by atoms with Gasteiger partial charge in [-0.1, -0.05) is 0 Å². The predicted octanol–water partition coefficient (Wildman–Crippen LogP) is 2.54. The zero-order valence-electron chi connectivity index (χ0n) is 10.5. The quantitative estimate of drug-likeness (QED) is 0.777. The van der Waals surface area contributed by atoms with Gasteiger partial charge in [0.2, 0.25) is 0 Å². The second-order valence-electron chi connectivity index (χ2n) is 4.44. The van der Waals surface area contributed by atoms with Gasteiger partial charge in [0.25, 0.3) is 0 Å². The van der Waals surface area contributed by atoms with Crippen molar-refractivity contribution in [2.24, 2.45) is 0 Å². The first-order valence-electron chi connectivity index (χ1n) is 5.91. The van der Waals surface area contributed by atoms with Crippen molar-refractivity contribution in [2.45, 2.75) is 6.92 Å². The number of carboxylic acids is 1. The summed E-state index contributed by atoms with van der Waals surface area (Å²) >= 11 is 0. The molecule has 0 saturated carbocycles. The number of carbonyl (C=O) groups is 1. The Kier molecular flexibility index (Phi) is 2.71. The van der Waals surface area contributed by atoms with E-state index in [1.165, 1.54) is 18.3 Å². The maximum Gasteiger partial charge on any atom is 0.337 e. The summed E-state index contributed by atoms with van der Waals surface area (Å²) in [6, 6.07) is 7.64. The van der Waals surface area contributed by atoms with Gasteiger partial charge in [0.1, 0.15) is 5.82 Å². The number of benzene rings is 1. The first kappa shape index (κ1) is 12.3. The van der Waals surface area contributed by atoms with Crippen LogP contribution in [0.25, 0.3) is 17.0 Å². The van der Waals surface area contributed by atoms with Crippen LogP contribution in [0.2, 0.25) is 0 Å². The molecule has 5 nitrogen and oxygen atoms in total. The van der Waals surface area contributed by atoms with Gasteiger partial charge in [-0.05, 0) is 42.8 Å². The van der Waals surface area contributed by atoms with Crippen LogP contribution < -0.4 is 0 Å². The number of rotatable bonds is 2. The van der Waals surface area contributed by atoms with E-state index < -0.39 is 5.97 Å². The van der Waals surface area contributed by atoms with Crippen molar-refractivity contribution in [3.05, 3.63) is 53.5 Å². The second-order valence-corrected chi connectivity index (χ2v) is 4.44. The van der Waals surface area contributed by atoms with E-state index in [9.17, 15) is 9.18 Å². The van der Waals surface area contributed by atoms with Crippen LogP contribution in [0.1, 0.15) is 15.9 Å². The molecule has 3 aromatic rings. The standard InChI is InChI=1S/C14H10FN3O2/c1-8-6-9(2-4-11(8)15)13-17-16-12-5-3-10(14(19)20)7-18(12)13/h2-7H,1H3,(H,19,20). The molecule has 0 aliphatic rings. The molecule has 0 atom stereocenters. The van der Waals surface area contributed by atoms with Crippen LogP contribution in [0.15, 0.2) is 36.5 Å². The molecule has 100 valence electrons. The van der Waals surface area contributed by atoms with E-state index in [0.29, 0.717) is 22.6 Å². The summed E-state index contributed by atoms with van der Waals surface area (Å²) in [6.45, 7) is 1.66. The fraction of sp³-hybridized carbons (Fsp3) is 0.0714. The normalized spacial score (nSPS) is 10.9. The van der Waals surface area contributed by atoms with Gasteiger partial charge in [-0.15, -0.1) is 10.2 Å². The molecule has 0 spiro atoms. The highest BCUT2D eigenvalue weighted by Gasteiger charge is 2.12. The number of nitrogens with zero attached hydrogens (tertiary/aromatic N) is 3. The highest BCUT2D eigenvalue weighted by atomic mass is 19.1. The van der Waals surface area contributed by atoms with Crippen LogP contribution >= 0.6 is 0 Å². The lowest BCUT2D eigenvalue weighted by atomic mass is 10.1. The fourth-order valence-electron chi connectivity index (χ4n) is 2.00. The molecule has 0 bridgehead atoms. The van der Waals surface area contributed by atoms with Crippen molar-refractivity contribution in [3.63, 3.8) is 0 Å². The maximum absolute atomic E-state index is 13.3. The Balaban J connectivity index is 2.22. The molecule has 20 heavy (non-hydrogen) atoms. The first-order valence-corrected chi connectivity index (χ1v) is 5.91. The van der Waals surface area contributed by atoms with Crippen LogP contribution in [-0.2, 0) is 0 Å².